The van der Waals surface area contributed by atoms with Crippen molar-refractivity contribution < 1.29 is 32.5 Å². The molecule has 1 aromatic heterocycles. The second-order valence-electron chi connectivity index (χ2n) is 4.46. The van der Waals surface area contributed by atoms with Gasteiger partial charge in [-0.05, 0) is 24.6 Å². The number of carbonyl (C=O) groups is 1. The number of esters is 1. The Morgan fingerprint density at radius 2 is 2.09 bits per heavy atom. The molecule has 0 radical (unpaired) electrons. The van der Waals surface area contributed by atoms with Crippen molar-refractivity contribution in [2.75, 3.05) is 6.61 Å². The number of carbonyl (C=O) groups excluding carboxylic acids is 1. The van der Waals surface area contributed by atoms with Gasteiger partial charge in [0.2, 0.25) is 0 Å². The van der Waals surface area contributed by atoms with Gasteiger partial charge >= 0.3 is 12.3 Å². The van der Waals surface area contributed by atoms with Crippen LogP contribution in [0.15, 0.2) is 30.6 Å². The van der Waals surface area contributed by atoms with Gasteiger partial charge in [-0.3, -0.25) is 9.48 Å². The number of phenols is 1. The number of aromatic hydroxyl groups is 1. The third kappa shape index (κ3) is 4.63. The highest BCUT2D eigenvalue weighted by molar-refractivity contribution is 5.70. The number of phenolic OH excluding ortho intramolecular Hbond substituents is 1. The summed E-state index contributed by atoms with van der Waals surface area (Å²) in [6.07, 6.45) is -1.96. The molecule has 0 aliphatic carbocycles. The summed E-state index contributed by atoms with van der Waals surface area (Å²) in [5.41, 5.74) is 0.940. The molecule has 6 nitrogen and oxygen atoms in total. The zero-order valence-corrected chi connectivity index (χ0v) is 12.0. The summed E-state index contributed by atoms with van der Waals surface area (Å²) in [5.74, 6) is -1.81. The SMILES string of the molecule is CCOC(=O)Cn1cc(-c2ccc(OC(F)(F)F)c(O)c2)cn1. The average molecular weight is 330 g/mol. The number of nitrogens with zero attached hydrogens (tertiary/aromatic N) is 2. The fourth-order valence-electron chi connectivity index (χ4n) is 1.85. The van der Waals surface area contributed by atoms with E-state index in [1.54, 1.807) is 6.92 Å². The van der Waals surface area contributed by atoms with E-state index in [1.165, 1.54) is 23.1 Å². The third-order valence-electron chi connectivity index (χ3n) is 2.75. The quantitative estimate of drug-likeness (QED) is 0.853. The summed E-state index contributed by atoms with van der Waals surface area (Å²) in [6.45, 7) is 1.84. The first-order chi connectivity index (χ1) is 10.8. The summed E-state index contributed by atoms with van der Waals surface area (Å²) < 4.78 is 46.2. The van der Waals surface area contributed by atoms with Crippen molar-refractivity contribution in [3.8, 4) is 22.6 Å². The van der Waals surface area contributed by atoms with Crippen LogP contribution in [0.4, 0.5) is 13.2 Å². The van der Waals surface area contributed by atoms with Crippen LogP contribution in [0.3, 0.4) is 0 Å². The predicted octanol–water partition coefficient (Wildman–Crippen LogP) is 2.72. The zero-order valence-electron chi connectivity index (χ0n) is 12.0. The number of ether oxygens (including phenoxy) is 2. The molecule has 0 fully saturated rings. The van der Waals surface area contributed by atoms with E-state index in [9.17, 15) is 23.1 Å². The van der Waals surface area contributed by atoms with Crippen molar-refractivity contribution in [3.05, 3.63) is 30.6 Å². The standard InChI is InChI=1S/C14H13F3N2O4/c1-2-22-13(21)8-19-7-10(6-18-19)9-3-4-12(11(20)5-9)23-14(15,16)17/h3-7,20H,2,8H2,1H3. The lowest BCUT2D eigenvalue weighted by molar-refractivity contribution is -0.275. The Morgan fingerprint density at radius 3 is 2.70 bits per heavy atom. The van der Waals surface area contributed by atoms with Gasteiger partial charge in [-0.25, -0.2) is 0 Å². The van der Waals surface area contributed by atoms with Crippen molar-refractivity contribution in [1.82, 2.24) is 9.78 Å². The molecule has 9 heteroatoms. The van der Waals surface area contributed by atoms with Crippen LogP contribution in [0, 0.1) is 0 Å². The molecule has 1 N–H and O–H groups in total. The fourth-order valence-corrected chi connectivity index (χ4v) is 1.85. The largest absolute Gasteiger partial charge is 0.573 e. The lowest BCUT2D eigenvalue weighted by Gasteiger charge is -2.10. The molecular formula is C14H13F3N2O4. The minimum Gasteiger partial charge on any atom is -0.504 e. The minimum absolute atomic E-state index is 0.0882. The first-order valence-corrected chi connectivity index (χ1v) is 6.55. The van der Waals surface area contributed by atoms with Crippen molar-refractivity contribution in [3.63, 3.8) is 0 Å². The van der Waals surface area contributed by atoms with Gasteiger partial charge in [0.05, 0.1) is 12.8 Å². The topological polar surface area (TPSA) is 73.6 Å². The number of hydrogen-bond acceptors (Lipinski definition) is 5. The molecule has 0 saturated carbocycles. The number of rotatable bonds is 5. The molecule has 0 spiro atoms. The Labute approximate surface area is 129 Å². The van der Waals surface area contributed by atoms with E-state index >= 15 is 0 Å². The maximum atomic E-state index is 12.1. The van der Waals surface area contributed by atoms with Crippen molar-refractivity contribution >= 4 is 5.97 Å². The van der Waals surface area contributed by atoms with E-state index in [0.29, 0.717) is 11.1 Å². The molecule has 0 atom stereocenters. The Bertz CT molecular complexity index is 698. The molecule has 0 aliphatic rings. The minimum atomic E-state index is -4.89. The van der Waals surface area contributed by atoms with Crippen molar-refractivity contribution in [1.29, 1.82) is 0 Å². The van der Waals surface area contributed by atoms with E-state index in [4.69, 9.17) is 4.74 Å². The average Bonchev–Trinajstić information content (AvgIpc) is 2.88. The summed E-state index contributed by atoms with van der Waals surface area (Å²) >= 11 is 0. The zero-order chi connectivity index (χ0) is 17.0. The van der Waals surface area contributed by atoms with Gasteiger partial charge in [-0.1, -0.05) is 6.07 Å². The van der Waals surface area contributed by atoms with Gasteiger partial charge in [0, 0.05) is 11.8 Å². The molecule has 23 heavy (non-hydrogen) atoms. The highest BCUT2D eigenvalue weighted by Gasteiger charge is 2.32. The molecule has 2 rings (SSSR count). The molecule has 0 unspecified atom stereocenters. The third-order valence-corrected chi connectivity index (χ3v) is 2.75. The number of halogens is 3. The van der Waals surface area contributed by atoms with Gasteiger partial charge in [0.25, 0.3) is 0 Å². The number of alkyl halides is 3. The van der Waals surface area contributed by atoms with E-state index in [1.807, 2.05) is 0 Å². The van der Waals surface area contributed by atoms with Crippen molar-refractivity contribution in [2.24, 2.45) is 0 Å². The van der Waals surface area contributed by atoms with Gasteiger partial charge in [-0.15, -0.1) is 13.2 Å². The first kappa shape index (κ1) is 16.7. The Morgan fingerprint density at radius 1 is 1.35 bits per heavy atom. The lowest BCUT2D eigenvalue weighted by atomic mass is 10.1. The summed E-state index contributed by atoms with van der Waals surface area (Å²) in [5, 5.41) is 13.6. The van der Waals surface area contributed by atoms with Crippen LogP contribution in [0.25, 0.3) is 11.1 Å². The number of aromatic nitrogens is 2. The van der Waals surface area contributed by atoms with Gasteiger partial charge in [0.15, 0.2) is 11.5 Å². The van der Waals surface area contributed by atoms with Crippen LogP contribution >= 0.6 is 0 Å². The molecule has 2 aromatic rings. The van der Waals surface area contributed by atoms with E-state index in [0.717, 1.165) is 12.1 Å². The Balaban J connectivity index is 2.15. The maximum absolute atomic E-state index is 12.1. The van der Waals surface area contributed by atoms with E-state index < -0.39 is 23.8 Å². The highest BCUT2D eigenvalue weighted by Crippen LogP contribution is 2.34. The van der Waals surface area contributed by atoms with E-state index in [-0.39, 0.29) is 13.2 Å². The fraction of sp³-hybridized carbons (Fsp3) is 0.286. The van der Waals surface area contributed by atoms with Crippen LogP contribution < -0.4 is 4.74 Å². The van der Waals surface area contributed by atoms with Crippen LogP contribution in [0.2, 0.25) is 0 Å². The Hall–Kier alpha value is -2.71. The monoisotopic (exact) mass is 330 g/mol. The van der Waals surface area contributed by atoms with Crippen LogP contribution in [-0.2, 0) is 16.1 Å². The molecule has 0 amide bonds. The molecule has 0 bridgehead atoms. The first-order valence-electron chi connectivity index (χ1n) is 6.55. The van der Waals surface area contributed by atoms with Gasteiger partial charge in [-0.2, -0.15) is 5.10 Å². The molecule has 1 heterocycles. The lowest BCUT2D eigenvalue weighted by Crippen LogP contribution is -2.17. The molecule has 0 saturated heterocycles. The Kier molecular flexibility index (Phi) is 4.77. The maximum Gasteiger partial charge on any atom is 0.573 e. The number of hydrogen-bond donors (Lipinski definition) is 1. The smallest absolute Gasteiger partial charge is 0.504 e. The molecule has 0 aliphatic heterocycles. The van der Waals surface area contributed by atoms with Crippen LogP contribution in [0.5, 0.6) is 11.5 Å². The van der Waals surface area contributed by atoms with Gasteiger partial charge in [0.1, 0.15) is 6.54 Å². The summed E-state index contributed by atoms with van der Waals surface area (Å²) in [4.78, 5) is 11.3. The molecular weight excluding hydrogens is 317 g/mol. The highest BCUT2D eigenvalue weighted by atomic mass is 19.4. The van der Waals surface area contributed by atoms with Crippen LogP contribution in [0.1, 0.15) is 6.92 Å². The van der Waals surface area contributed by atoms with Crippen LogP contribution in [-0.4, -0.2) is 33.8 Å². The molecule has 124 valence electrons. The van der Waals surface area contributed by atoms with Crippen molar-refractivity contribution in [2.45, 2.75) is 19.8 Å². The summed E-state index contributed by atoms with van der Waals surface area (Å²) in [6, 6.07) is 3.46. The normalized spacial score (nSPS) is 11.3. The number of benzene rings is 1. The van der Waals surface area contributed by atoms with Gasteiger partial charge < -0.3 is 14.6 Å². The predicted molar refractivity (Wildman–Crippen MR) is 72.6 cm³/mol. The second-order valence-corrected chi connectivity index (χ2v) is 4.46. The second kappa shape index (κ2) is 6.59. The molecule has 1 aromatic carbocycles. The van der Waals surface area contributed by atoms with E-state index in [2.05, 4.69) is 9.84 Å². The summed E-state index contributed by atoms with van der Waals surface area (Å²) in [7, 11) is 0.